The first-order valence-electron chi connectivity index (χ1n) is 9.85. The van der Waals surface area contributed by atoms with E-state index in [-0.39, 0.29) is 23.6 Å². The second kappa shape index (κ2) is 7.75. The van der Waals surface area contributed by atoms with Crippen LogP contribution in [0.2, 0.25) is 0 Å². The van der Waals surface area contributed by atoms with E-state index >= 15 is 0 Å². The number of amides is 1. The van der Waals surface area contributed by atoms with E-state index in [1.54, 1.807) is 41.7 Å². The molecule has 1 aliphatic carbocycles. The molecular weight excluding hydrogens is 449 g/mol. The van der Waals surface area contributed by atoms with E-state index in [0.29, 0.717) is 23.9 Å². The largest absolute Gasteiger partial charge is 0.365 e. The first-order chi connectivity index (χ1) is 14.6. The zero-order valence-electron chi connectivity index (χ0n) is 16.0. The predicted molar refractivity (Wildman–Crippen MR) is 114 cm³/mol. The molecule has 6 nitrogen and oxygen atoms in total. The number of benzene rings is 1. The van der Waals surface area contributed by atoms with Crippen LogP contribution in [-0.2, 0) is 0 Å². The second-order valence-corrected chi connectivity index (χ2v) is 8.63. The molecule has 2 fully saturated rings. The van der Waals surface area contributed by atoms with Crippen molar-refractivity contribution in [2.24, 2.45) is 5.92 Å². The number of halogens is 2. The summed E-state index contributed by atoms with van der Waals surface area (Å²) in [6.45, 7) is 0.638. The van der Waals surface area contributed by atoms with Gasteiger partial charge in [0.1, 0.15) is 11.6 Å². The molecule has 1 saturated heterocycles. The Balaban J connectivity index is 1.43. The van der Waals surface area contributed by atoms with Gasteiger partial charge in [-0.25, -0.2) is 19.3 Å². The molecule has 0 spiro atoms. The van der Waals surface area contributed by atoms with E-state index in [1.807, 2.05) is 12.1 Å². The van der Waals surface area contributed by atoms with Crippen LogP contribution in [0.4, 0.5) is 10.2 Å². The fourth-order valence-corrected chi connectivity index (χ4v) is 4.81. The highest BCUT2D eigenvalue weighted by atomic mass is 79.9. The molecule has 30 heavy (non-hydrogen) atoms. The first-order valence-corrected chi connectivity index (χ1v) is 10.6. The van der Waals surface area contributed by atoms with Crippen molar-refractivity contribution in [2.45, 2.75) is 24.9 Å². The van der Waals surface area contributed by atoms with Crippen molar-refractivity contribution in [2.75, 3.05) is 11.9 Å². The van der Waals surface area contributed by atoms with Crippen molar-refractivity contribution in [1.82, 2.24) is 19.9 Å². The molecular formula is C22H19BrFN5O. The molecule has 1 aromatic carbocycles. The number of carbonyl (C=O) groups is 1. The second-order valence-electron chi connectivity index (χ2n) is 7.71. The summed E-state index contributed by atoms with van der Waals surface area (Å²) < 4.78 is 15.7. The van der Waals surface area contributed by atoms with Crippen LogP contribution in [0.25, 0.3) is 11.4 Å². The van der Waals surface area contributed by atoms with Crippen LogP contribution in [0, 0.1) is 11.7 Å². The van der Waals surface area contributed by atoms with E-state index < -0.39 is 5.82 Å². The Kier molecular flexibility index (Phi) is 4.94. The smallest absolute Gasteiger partial charge is 0.257 e. The summed E-state index contributed by atoms with van der Waals surface area (Å²) in [6.07, 6.45) is 6.79. The fraction of sp³-hybridized carbons (Fsp3) is 0.273. The number of hydrogen-bond donors (Lipinski definition) is 1. The van der Waals surface area contributed by atoms with Gasteiger partial charge in [0.15, 0.2) is 5.82 Å². The third kappa shape index (κ3) is 3.45. The Morgan fingerprint density at radius 3 is 2.67 bits per heavy atom. The van der Waals surface area contributed by atoms with Gasteiger partial charge in [0.05, 0.1) is 11.6 Å². The molecule has 3 aromatic rings. The zero-order valence-corrected chi connectivity index (χ0v) is 17.6. The average Bonchev–Trinajstić information content (AvgIpc) is 3.36. The topological polar surface area (TPSA) is 71.0 Å². The molecule has 8 heteroatoms. The SMILES string of the molecule is O=C(c1c(F)cccc1-c1ncccn1)N1C[C@H]2C[C@@H](Nc3ccc(Br)cn3)[C@@H]1C2. The highest BCUT2D eigenvalue weighted by molar-refractivity contribution is 9.10. The monoisotopic (exact) mass is 467 g/mol. The Labute approximate surface area is 181 Å². The van der Waals surface area contributed by atoms with Crippen LogP contribution in [0.1, 0.15) is 23.2 Å². The molecule has 1 aliphatic heterocycles. The maximum absolute atomic E-state index is 14.8. The highest BCUT2D eigenvalue weighted by Crippen LogP contribution is 2.40. The number of nitrogens with zero attached hydrogens (tertiary/aromatic N) is 4. The lowest BCUT2D eigenvalue weighted by molar-refractivity contribution is 0.0688. The number of fused-ring (bicyclic) bond motifs is 2. The van der Waals surface area contributed by atoms with Gasteiger partial charge >= 0.3 is 0 Å². The fourth-order valence-electron chi connectivity index (χ4n) is 4.57. The predicted octanol–water partition coefficient (Wildman–Crippen LogP) is 4.16. The van der Waals surface area contributed by atoms with Crippen LogP contribution in [0.5, 0.6) is 0 Å². The summed E-state index contributed by atoms with van der Waals surface area (Å²) in [6, 6.07) is 10.2. The van der Waals surface area contributed by atoms with Crippen molar-refractivity contribution in [3.05, 3.63) is 70.8 Å². The van der Waals surface area contributed by atoms with Crippen molar-refractivity contribution in [3.63, 3.8) is 0 Å². The number of rotatable bonds is 4. The molecule has 3 atom stereocenters. The molecule has 1 amide bonds. The van der Waals surface area contributed by atoms with Crippen LogP contribution in [-0.4, -0.2) is 44.4 Å². The van der Waals surface area contributed by atoms with Gasteiger partial charge in [-0.3, -0.25) is 4.79 Å². The molecule has 1 saturated carbocycles. The van der Waals surface area contributed by atoms with Gasteiger partial charge in [-0.05, 0) is 59.0 Å². The number of likely N-dealkylation sites (tertiary alicyclic amines) is 1. The summed E-state index contributed by atoms with van der Waals surface area (Å²) in [4.78, 5) is 28.1. The standard InChI is InChI=1S/C22H19BrFN5O/c23-14-5-6-19(27-11-14)28-17-9-13-10-18(17)29(12-13)22(30)20-15(3-1-4-16(20)24)21-25-7-2-8-26-21/h1-8,11,13,17-18H,9-10,12H2,(H,27,28)/t13-,17+,18-/m0/s1. The minimum atomic E-state index is -0.549. The van der Waals surface area contributed by atoms with Crippen molar-refractivity contribution in [1.29, 1.82) is 0 Å². The third-order valence-corrected chi connectivity index (χ3v) is 6.31. The average molecular weight is 468 g/mol. The number of piperidine rings is 1. The van der Waals surface area contributed by atoms with Gasteiger partial charge in [0.2, 0.25) is 0 Å². The molecule has 2 aromatic heterocycles. The Morgan fingerprint density at radius 2 is 1.93 bits per heavy atom. The van der Waals surface area contributed by atoms with Gasteiger partial charge in [0, 0.05) is 41.2 Å². The summed E-state index contributed by atoms with van der Waals surface area (Å²) in [5, 5.41) is 3.45. The zero-order chi connectivity index (χ0) is 20.7. The number of nitrogens with one attached hydrogen (secondary N) is 1. The lowest BCUT2D eigenvalue weighted by Crippen LogP contribution is -2.48. The third-order valence-electron chi connectivity index (χ3n) is 5.84. The number of aromatic nitrogens is 3. The molecule has 5 rings (SSSR count). The number of pyridine rings is 1. The van der Waals surface area contributed by atoms with Crippen LogP contribution >= 0.6 is 15.9 Å². The number of anilines is 1. The van der Waals surface area contributed by atoms with Crippen LogP contribution < -0.4 is 5.32 Å². The number of hydrogen-bond acceptors (Lipinski definition) is 5. The number of carbonyl (C=O) groups excluding carboxylic acids is 1. The van der Waals surface area contributed by atoms with E-state index in [2.05, 4.69) is 36.2 Å². The summed E-state index contributed by atoms with van der Waals surface area (Å²) in [7, 11) is 0. The Bertz CT molecular complexity index is 1080. The van der Waals surface area contributed by atoms with E-state index in [9.17, 15) is 9.18 Å². The molecule has 152 valence electrons. The highest BCUT2D eigenvalue weighted by Gasteiger charge is 2.47. The summed E-state index contributed by atoms with van der Waals surface area (Å²) in [5.74, 6) is 0.658. The minimum absolute atomic E-state index is 0.00269. The van der Waals surface area contributed by atoms with Gasteiger partial charge in [-0.1, -0.05) is 12.1 Å². The van der Waals surface area contributed by atoms with Gasteiger partial charge in [-0.2, -0.15) is 0 Å². The van der Waals surface area contributed by atoms with Crippen molar-refractivity contribution >= 4 is 27.7 Å². The maximum Gasteiger partial charge on any atom is 0.257 e. The molecule has 3 heterocycles. The van der Waals surface area contributed by atoms with Crippen molar-refractivity contribution in [3.8, 4) is 11.4 Å². The van der Waals surface area contributed by atoms with Crippen molar-refractivity contribution < 1.29 is 9.18 Å². The Hall–Kier alpha value is -2.87. The van der Waals surface area contributed by atoms with E-state index in [1.165, 1.54) is 6.07 Å². The Morgan fingerprint density at radius 1 is 1.10 bits per heavy atom. The van der Waals surface area contributed by atoms with Crippen LogP contribution in [0.3, 0.4) is 0 Å². The normalized spacial score (nSPS) is 22.3. The molecule has 0 radical (unpaired) electrons. The maximum atomic E-state index is 14.8. The minimum Gasteiger partial charge on any atom is -0.365 e. The summed E-state index contributed by atoms with van der Waals surface area (Å²) in [5.41, 5.74) is 0.458. The van der Waals surface area contributed by atoms with E-state index in [0.717, 1.165) is 23.1 Å². The molecule has 2 aliphatic rings. The summed E-state index contributed by atoms with van der Waals surface area (Å²) >= 11 is 3.39. The van der Waals surface area contributed by atoms with Gasteiger partial charge < -0.3 is 10.2 Å². The lowest BCUT2D eigenvalue weighted by atomic mass is 10.0. The quantitative estimate of drug-likeness (QED) is 0.623. The molecule has 0 unspecified atom stereocenters. The molecule has 2 bridgehead atoms. The van der Waals surface area contributed by atoms with E-state index in [4.69, 9.17) is 0 Å². The first kappa shape index (κ1) is 19.1. The molecule has 1 N–H and O–H groups in total. The van der Waals surface area contributed by atoms with Crippen LogP contribution in [0.15, 0.2) is 59.5 Å². The van der Waals surface area contributed by atoms with Gasteiger partial charge in [0.25, 0.3) is 5.91 Å². The van der Waals surface area contributed by atoms with Gasteiger partial charge in [-0.15, -0.1) is 0 Å². The lowest BCUT2D eigenvalue weighted by Gasteiger charge is -2.34.